The van der Waals surface area contributed by atoms with E-state index in [0.29, 0.717) is 5.92 Å². The number of hydrogen-bond acceptors (Lipinski definition) is 2. The first kappa shape index (κ1) is 18.1. The second-order valence-corrected chi connectivity index (χ2v) is 7.45. The van der Waals surface area contributed by atoms with E-state index in [2.05, 4.69) is 121 Å². The van der Waals surface area contributed by atoms with Crippen molar-refractivity contribution in [2.24, 2.45) is 0 Å². The third kappa shape index (κ3) is 4.01. The zero-order valence-corrected chi connectivity index (χ0v) is 16.4. The van der Waals surface area contributed by atoms with Crippen LogP contribution in [-0.4, -0.2) is 0 Å². The Kier molecular flexibility index (Phi) is 5.29. The highest BCUT2D eigenvalue weighted by Crippen LogP contribution is 2.33. The Balaban J connectivity index is 1.64. The van der Waals surface area contributed by atoms with E-state index in [0.717, 1.165) is 11.4 Å². The maximum absolute atomic E-state index is 3.57. The Morgan fingerprint density at radius 1 is 0.786 bits per heavy atom. The molecular weight excluding hydrogens is 340 g/mol. The average Bonchev–Trinajstić information content (AvgIpc) is 3.18. The van der Waals surface area contributed by atoms with Crippen LogP contribution in [0.1, 0.15) is 42.5 Å². The van der Waals surface area contributed by atoms with E-state index >= 15 is 0 Å². The van der Waals surface area contributed by atoms with Crippen LogP contribution in [0.2, 0.25) is 0 Å². The van der Waals surface area contributed by atoms with Crippen molar-refractivity contribution in [1.29, 1.82) is 0 Å². The van der Waals surface area contributed by atoms with Gasteiger partial charge < -0.3 is 0 Å². The number of rotatable bonds is 5. The second kappa shape index (κ2) is 8.18. The summed E-state index contributed by atoms with van der Waals surface area (Å²) in [5.41, 5.74) is 9.67. The maximum Gasteiger partial charge on any atom is 0.0958 e. The molecule has 0 bridgehead atoms. The molecule has 140 valence electrons. The van der Waals surface area contributed by atoms with Crippen molar-refractivity contribution < 1.29 is 0 Å². The van der Waals surface area contributed by atoms with Gasteiger partial charge in [-0.15, -0.1) is 0 Å². The first-order chi connectivity index (χ1) is 13.7. The van der Waals surface area contributed by atoms with Crippen LogP contribution in [-0.2, 0) is 0 Å². The lowest BCUT2D eigenvalue weighted by Gasteiger charge is -2.27. The number of allylic oxidation sites excluding steroid dienone is 1. The van der Waals surface area contributed by atoms with E-state index in [9.17, 15) is 0 Å². The number of hydrogen-bond donors (Lipinski definition) is 1. The molecule has 0 aromatic heterocycles. The molecule has 0 fully saturated rings. The van der Waals surface area contributed by atoms with Crippen LogP contribution in [0.15, 0.2) is 103 Å². The molecule has 0 aliphatic carbocycles. The minimum Gasteiger partial charge on any atom is -0.298 e. The lowest BCUT2D eigenvalue weighted by molar-refractivity contribution is 0.709. The third-order valence-corrected chi connectivity index (χ3v) is 5.10. The lowest BCUT2D eigenvalue weighted by Crippen LogP contribution is -2.33. The molecule has 1 heterocycles. The van der Waals surface area contributed by atoms with Crippen molar-refractivity contribution in [2.75, 3.05) is 5.01 Å². The van der Waals surface area contributed by atoms with Gasteiger partial charge in [0, 0.05) is 0 Å². The summed E-state index contributed by atoms with van der Waals surface area (Å²) in [6.07, 6.45) is 6.58. The fourth-order valence-corrected chi connectivity index (χ4v) is 3.47. The third-order valence-electron chi connectivity index (χ3n) is 5.10. The molecule has 1 N–H and O–H groups in total. The molecule has 1 unspecified atom stereocenters. The van der Waals surface area contributed by atoms with Gasteiger partial charge in [-0.3, -0.25) is 10.4 Å². The highest BCUT2D eigenvalue weighted by molar-refractivity contribution is 5.58. The molecule has 0 spiro atoms. The van der Waals surface area contributed by atoms with Gasteiger partial charge in [-0.05, 0) is 46.9 Å². The molecule has 2 nitrogen and oxygen atoms in total. The minimum absolute atomic E-state index is 0.152. The first-order valence-electron chi connectivity index (χ1n) is 9.86. The number of benzene rings is 3. The quantitative estimate of drug-likeness (QED) is 0.556. The number of nitrogens with zero attached hydrogens (tertiary/aromatic N) is 1. The highest BCUT2D eigenvalue weighted by atomic mass is 15.5. The number of anilines is 1. The van der Waals surface area contributed by atoms with Crippen LogP contribution in [0.5, 0.6) is 0 Å². The number of nitrogens with one attached hydrogen (secondary N) is 1. The van der Waals surface area contributed by atoms with Crippen molar-refractivity contribution in [1.82, 2.24) is 5.43 Å². The van der Waals surface area contributed by atoms with Gasteiger partial charge in [0.05, 0.1) is 17.4 Å². The molecule has 3 aromatic rings. The molecule has 4 rings (SSSR count). The molecule has 0 amide bonds. The van der Waals surface area contributed by atoms with Crippen LogP contribution >= 0.6 is 0 Å². The van der Waals surface area contributed by atoms with E-state index in [1.807, 2.05) is 6.07 Å². The fourth-order valence-electron chi connectivity index (χ4n) is 3.47. The molecule has 1 aliphatic heterocycles. The standard InChI is InChI=1S/C26H26N2/c1-20(2)22-14-16-23(17-15-22)26-19-24(18-13-21-9-5-3-6-10-21)27-28(26)25-11-7-4-8-12-25/h3-20,26-27H,1-2H3. The summed E-state index contributed by atoms with van der Waals surface area (Å²) in [4.78, 5) is 0. The monoisotopic (exact) mass is 366 g/mol. The Morgan fingerprint density at radius 3 is 2.07 bits per heavy atom. The topological polar surface area (TPSA) is 15.3 Å². The minimum atomic E-state index is 0.152. The average molecular weight is 367 g/mol. The molecule has 3 aromatic carbocycles. The van der Waals surface area contributed by atoms with Gasteiger partial charge in [0.15, 0.2) is 0 Å². The van der Waals surface area contributed by atoms with E-state index in [1.165, 1.54) is 16.7 Å². The van der Waals surface area contributed by atoms with Crippen LogP contribution in [0, 0.1) is 0 Å². The summed E-state index contributed by atoms with van der Waals surface area (Å²) in [6.45, 7) is 4.46. The van der Waals surface area contributed by atoms with Crippen LogP contribution < -0.4 is 10.4 Å². The van der Waals surface area contributed by atoms with Gasteiger partial charge in [0.25, 0.3) is 0 Å². The predicted octanol–water partition coefficient (Wildman–Crippen LogP) is 6.47. The Labute approximate surface area is 167 Å². The Bertz CT molecular complexity index is 954. The van der Waals surface area contributed by atoms with Crippen LogP contribution in [0.4, 0.5) is 5.69 Å². The summed E-state index contributed by atoms with van der Waals surface area (Å²) < 4.78 is 0. The highest BCUT2D eigenvalue weighted by Gasteiger charge is 2.25. The SMILES string of the molecule is CC(C)c1ccc(C2C=C(C=Cc3ccccc3)NN2c2ccccc2)cc1. The smallest absolute Gasteiger partial charge is 0.0958 e. The van der Waals surface area contributed by atoms with Gasteiger partial charge in [0.1, 0.15) is 0 Å². The lowest BCUT2D eigenvalue weighted by atomic mass is 9.98. The Hall–Kier alpha value is -3.26. The second-order valence-electron chi connectivity index (χ2n) is 7.45. The Morgan fingerprint density at radius 2 is 1.43 bits per heavy atom. The van der Waals surface area contributed by atoms with E-state index < -0.39 is 0 Å². The summed E-state index contributed by atoms with van der Waals surface area (Å²) >= 11 is 0. The van der Waals surface area contributed by atoms with Gasteiger partial charge in [0.2, 0.25) is 0 Å². The van der Waals surface area contributed by atoms with Gasteiger partial charge in [-0.2, -0.15) is 0 Å². The number of hydrazine groups is 1. The number of para-hydroxylation sites is 1. The molecule has 0 saturated carbocycles. The van der Waals surface area contributed by atoms with Gasteiger partial charge in [-0.25, -0.2) is 0 Å². The molecule has 28 heavy (non-hydrogen) atoms. The zero-order chi connectivity index (χ0) is 19.3. The largest absolute Gasteiger partial charge is 0.298 e. The van der Waals surface area contributed by atoms with Crippen LogP contribution in [0.3, 0.4) is 0 Å². The van der Waals surface area contributed by atoms with Gasteiger partial charge >= 0.3 is 0 Å². The molecule has 2 heteroatoms. The predicted molar refractivity (Wildman–Crippen MR) is 119 cm³/mol. The van der Waals surface area contributed by atoms with Crippen molar-refractivity contribution in [3.05, 3.63) is 119 Å². The van der Waals surface area contributed by atoms with Crippen molar-refractivity contribution in [3.63, 3.8) is 0 Å². The van der Waals surface area contributed by atoms with Gasteiger partial charge in [-0.1, -0.05) is 92.7 Å². The molecule has 0 saturated heterocycles. The zero-order valence-electron chi connectivity index (χ0n) is 16.4. The first-order valence-corrected chi connectivity index (χ1v) is 9.86. The maximum atomic E-state index is 3.57. The molecule has 1 atom stereocenters. The molecule has 1 aliphatic rings. The summed E-state index contributed by atoms with van der Waals surface area (Å²) in [5.74, 6) is 0.542. The van der Waals surface area contributed by atoms with E-state index in [4.69, 9.17) is 0 Å². The van der Waals surface area contributed by atoms with Crippen molar-refractivity contribution >= 4 is 11.8 Å². The van der Waals surface area contributed by atoms with Crippen molar-refractivity contribution in [3.8, 4) is 0 Å². The fraction of sp³-hybridized carbons (Fsp3) is 0.154. The van der Waals surface area contributed by atoms with E-state index in [1.54, 1.807) is 0 Å². The van der Waals surface area contributed by atoms with E-state index in [-0.39, 0.29) is 6.04 Å². The normalized spacial score (nSPS) is 16.5. The molecule has 0 radical (unpaired) electrons. The van der Waals surface area contributed by atoms with Crippen LogP contribution in [0.25, 0.3) is 6.08 Å². The molecular formula is C26H26N2. The summed E-state index contributed by atoms with van der Waals surface area (Å²) in [6, 6.07) is 30.0. The van der Waals surface area contributed by atoms with Crippen molar-refractivity contribution in [2.45, 2.75) is 25.8 Å². The summed E-state index contributed by atoms with van der Waals surface area (Å²) in [5, 5.41) is 2.23. The summed E-state index contributed by atoms with van der Waals surface area (Å²) in [7, 11) is 0.